The molecule has 1 aliphatic rings. The van der Waals surface area contributed by atoms with Crippen molar-refractivity contribution in [2.75, 3.05) is 12.8 Å². The van der Waals surface area contributed by atoms with Gasteiger partial charge in [0.15, 0.2) is 5.78 Å². The third-order valence-electron chi connectivity index (χ3n) is 3.71. The molecule has 2 atom stereocenters. The molecule has 1 amide bonds. The van der Waals surface area contributed by atoms with E-state index in [1.54, 1.807) is 0 Å². The minimum atomic E-state index is -4.39. The van der Waals surface area contributed by atoms with Gasteiger partial charge in [-0.25, -0.2) is 8.42 Å². The zero-order chi connectivity index (χ0) is 15.6. The Kier molecular flexibility index (Phi) is 6.76. The summed E-state index contributed by atoms with van der Waals surface area (Å²) in [6.07, 6.45) is 0.154. The first kappa shape index (κ1) is 19.3. The molecule has 114 valence electrons. The summed E-state index contributed by atoms with van der Waals surface area (Å²) in [6, 6.07) is 8.33. The van der Waals surface area contributed by atoms with Gasteiger partial charge in [0.2, 0.25) is 5.91 Å². The van der Waals surface area contributed by atoms with Crippen molar-refractivity contribution in [3.05, 3.63) is 35.9 Å². The molecular formula is C14H16NNaO5S. The van der Waals surface area contributed by atoms with E-state index in [4.69, 9.17) is 0 Å². The van der Waals surface area contributed by atoms with E-state index in [0.717, 1.165) is 5.56 Å². The Bertz CT molecular complexity index is 646. The van der Waals surface area contributed by atoms with Gasteiger partial charge in [-0.05, 0) is 18.4 Å². The minimum absolute atomic E-state index is 0. The first-order chi connectivity index (χ1) is 9.79. The number of rotatable bonds is 5. The molecule has 8 heteroatoms. The van der Waals surface area contributed by atoms with E-state index in [1.807, 2.05) is 30.3 Å². The van der Waals surface area contributed by atoms with Gasteiger partial charge in [0.05, 0.1) is 16.2 Å². The van der Waals surface area contributed by atoms with E-state index in [1.165, 1.54) is 11.9 Å². The number of likely N-dealkylation sites (tertiary alicyclic amines) is 1. The first-order valence-corrected chi connectivity index (χ1v) is 8.15. The van der Waals surface area contributed by atoms with Crippen LogP contribution >= 0.6 is 0 Å². The van der Waals surface area contributed by atoms with Crippen molar-refractivity contribution in [3.8, 4) is 0 Å². The topological polar surface area (TPSA) is 94.6 Å². The van der Waals surface area contributed by atoms with Gasteiger partial charge in [0.25, 0.3) is 0 Å². The van der Waals surface area contributed by atoms with E-state index >= 15 is 0 Å². The number of Topliss-reactive ketones (excluding diaryl/α,β-unsaturated/α-hetero) is 1. The molecule has 0 spiro atoms. The molecule has 1 aliphatic heterocycles. The molecule has 1 aromatic rings. The maximum absolute atomic E-state index is 12.3. The van der Waals surface area contributed by atoms with Crippen LogP contribution in [0.4, 0.5) is 0 Å². The van der Waals surface area contributed by atoms with Crippen LogP contribution in [-0.4, -0.2) is 48.4 Å². The van der Waals surface area contributed by atoms with Crippen LogP contribution in [0.1, 0.15) is 12.0 Å². The number of carbonyl (C=O) groups is 2. The van der Waals surface area contributed by atoms with Gasteiger partial charge in [-0.1, -0.05) is 30.3 Å². The van der Waals surface area contributed by atoms with Gasteiger partial charge >= 0.3 is 29.6 Å². The van der Waals surface area contributed by atoms with Crippen LogP contribution in [0, 0.1) is 5.92 Å². The minimum Gasteiger partial charge on any atom is -0.748 e. The van der Waals surface area contributed by atoms with E-state index in [2.05, 4.69) is 0 Å². The summed E-state index contributed by atoms with van der Waals surface area (Å²) in [6.45, 7) is 0. The molecule has 22 heavy (non-hydrogen) atoms. The van der Waals surface area contributed by atoms with Gasteiger partial charge in [-0.15, -0.1) is 0 Å². The Hall–Kier alpha value is -0.730. The summed E-state index contributed by atoms with van der Waals surface area (Å²) in [4.78, 5) is 25.7. The van der Waals surface area contributed by atoms with Crippen LogP contribution < -0.4 is 29.6 Å². The predicted octanol–water partition coefficient (Wildman–Crippen LogP) is -2.81. The average Bonchev–Trinajstić information content (AvgIpc) is 2.61. The van der Waals surface area contributed by atoms with E-state index in [9.17, 15) is 22.6 Å². The molecule has 6 nitrogen and oxygen atoms in total. The molecular weight excluding hydrogens is 317 g/mol. The first-order valence-electron chi connectivity index (χ1n) is 6.57. The summed E-state index contributed by atoms with van der Waals surface area (Å²) in [5, 5.41) is 0. The number of amides is 1. The second kappa shape index (κ2) is 7.70. The summed E-state index contributed by atoms with van der Waals surface area (Å²) >= 11 is 0. The molecule has 1 saturated heterocycles. The number of hydrogen-bond donors (Lipinski definition) is 0. The Balaban J connectivity index is 0.00000242. The second-order valence-electron chi connectivity index (χ2n) is 5.16. The van der Waals surface area contributed by atoms with Crippen LogP contribution in [0.5, 0.6) is 0 Å². The van der Waals surface area contributed by atoms with Crippen molar-refractivity contribution in [1.29, 1.82) is 0 Å². The monoisotopic (exact) mass is 333 g/mol. The maximum atomic E-state index is 12.3. The molecule has 0 aromatic heterocycles. The van der Waals surface area contributed by atoms with Crippen molar-refractivity contribution in [2.45, 2.75) is 18.9 Å². The van der Waals surface area contributed by atoms with Gasteiger partial charge in [0, 0.05) is 12.8 Å². The normalized spacial score (nSPS) is 21.8. The number of ketones is 1. The molecule has 0 bridgehead atoms. The molecule has 1 aromatic carbocycles. The fourth-order valence-electron chi connectivity index (χ4n) is 2.57. The molecule has 1 heterocycles. The van der Waals surface area contributed by atoms with Gasteiger partial charge in [0.1, 0.15) is 5.92 Å². The van der Waals surface area contributed by atoms with Crippen LogP contribution in [-0.2, 0) is 26.1 Å². The summed E-state index contributed by atoms with van der Waals surface area (Å²) in [5.74, 6) is -2.07. The summed E-state index contributed by atoms with van der Waals surface area (Å²) in [7, 11) is -2.93. The fourth-order valence-corrected chi connectivity index (χ4v) is 3.09. The van der Waals surface area contributed by atoms with E-state index in [-0.39, 0.29) is 47.7 Å². The molecule has 0 N–H and O–H groups in total. The smallest absolute Gasteiger partial charge is 0.748 e. The van der Waals surface area contributed by atoms with Crippen LogP contribution in [0.15, 0.2) is 30.3 Å². The zero-order valence-electron chi connectivity index (χ0n) is 12.6. The van der Waals surface area contributed by atoms with Crippen molar-refractivity contribution >= 4 is 21.8 Å². The average molecular weight is 333 g/mol. The fraction of sp³-hybridized carbons (Fsp3) is 0.429. The Morgan fingerprint density at radius 3 is 2.32 bits per heavy atom. The molecule has 2 rings (SSSR count). The molecule has 2 unspecified atom stereocenters. The summed E-state index contributed by atoms with van der Waals surface area (Å²) in [5.41, 5.74) is 0.870. The predicted molar refractivity (Wildman–Crippen MR) is 74.4 cm³/mol. The Morgan fingerprint density at radius 2 is 1.77 bits per heavy atom. The maximum Gasteiger partial charge on any atom is 1.00 e. The number of hydrogen-bond acceptors (Lipinski definition) is 5. The van der Waals surface area contributed by atoms with Crippen molar-refractivity contribution in [3.63, 3.8) is 0 Å². The zero-order valence-corrected chi connectivity index (χ0v) is 15.4. The van der Waals surface area contributed by atoms with Crippen molar-refractivity contribution in [2.24, 2.45) is 5.92 Å². The van der Waals surface area contributed by atoms with Crippen molar-refractivity contribution in [1.82, 2.24) is 4.90 Å². The van der Waals surface area contributed by atoms with E-state index < -0.39 is 27.8 Å². The van der Waals surface area contributed by atoms with Gasteiger partial charge in [-0.3, -0.25) is 9.59 Å². The SMILES string of the molecule is CN1C(=O)C(Cc2ccccc2)C(=O)C1CCS(=O)(=O)[O-].[Na+]. The second-order valence-corrected chi connectivity index (χ2v) is 6.68. The van der Waals surface area contributed by atoms with Crippen LogP contribution in [0.2, 0.25) is 0 Å². The quantitative estimate of drug-likeness (QED) is 0.329. The van der Waals surface area contributed by atoms with Gasteiger partial charge < -0.3 is 9.45 Å². The molecule has 0 aliphatic carbocycles. The molecule has 0 saturated carbocycles. The van der Waals surface area contributed by atoms with Crippen LogP contribution in [0.3, 0.4) is 0 Å². The standard InChI is InChI=1S/C14H17NO5S.Na/c1-15-12(7-8-21(18,19)20)13(16)11(14(15)17)9-10-5-3-2-4-6-10;/h2-6,11-12H,7-9H2,1H3,(H,18,19,20);/q;+1/p-1. The van der Waals surface area contributed by atoms with Crippen molar-refractivity contribution < 1.29 is 52.1 Å². The van der Waals surface area contributed by atoms with E-state index in [0.29, 0.717) is 6.42 Å². The van der Waals surface area contributed by atoms with Gasteiger partial charge in [-0.2, -0.15) is 0 Å². The third-order valence-corrected chi connectivity index (χ3v) is 4.44. The third kappa shape index (κ3) is 4.63. The number of likely N-dealkylation sites (N-methyl/N-ethyl adjacent to an activating group) is 1. The Labute approximate surface area is 151 Å². The number of carbonyl (C=O) groups excluding carboxylic acids is 2. The summed E-state index contributed by atoms with van der Waals surface area (Å²) < 4.78 is 32.1. The number of benzene rings is 1. The molecule has 0 radical (unpaired) electrons. The Morgan fingerprint density at radius 1 is 1.18 bits per heavy atom. The number of nitrogens with zero attached hydrogens (tertiary/aromatic N) is 1. The largest absolute Gasteiger partial charge is 1.00 e. The molecule has 1 fully saturated rings. The van der Waals surface area contributed by atoms with Crippen LogP contribution in [0.25, 0.3) is 0 Å².